The molecule has 3 rings (SSSR count). The molecule has 0 aliphatic heterocycles. The minimum atomic E-state index is -0.631. The zero-order chi connectivity index (χ0) is 14.5. The standard InChI is InChI=1S/C15H22N4O2/c20-14(12-6-4-2-1-3-5-7-12)15-18-13(19-21-15)8-11-9-16-17-10-11/h9-10,12,14,20H,1-8H2,(H,16,17). The highest BCUT2D eigenvalue weighted by Crippen LogP contribution is 2.32. The van der Waals surface area contributed by atoms with Crippen molar-refractivity contribution in [2.24, 2.45) is 5.92 Å². The molecule has 2 aromatic rings. The van der Waals surface area contributed by atoms with E-state index in [0.717, 1.165) is 18.4 Å². The summed E-state index contributed by atoms with van der Waals surface area (Å²) in [5, 5.41) is 21.1. The van der Waals surface area contributed by atoms with E-state index in [1.165, 1.54) is 32.1 Å². The molecule has 0 bridgehead atoms. The Labute approximate surface area is 124 Å². The zero-order valence-electron chi connectivity index (χ0n) is 12.2. The van der Waals surface area contributed by atoms with E-state index in [9.17, 15) is 5.11 Å². The molecule has 0 aromatic carbocycles. The van der Waals surface area contributed by atoms with Crippen molar-refractivity contribution in [3.8, 4) is 0 Å². The van der Waals surface area contributed by atoms with Crippen LogP contribution in [0, 0.1) is 5.92 Å². The van der Waals surface area contributed by atoms with Gasteiger partial charge in [-0.05, 0) is 24.3 Å². The fourth-order valence-corrected chi connectivity index (χ4v) is 3.02. The summed E-state index contributed by atoms with van der Waals surface area (Å²) in [5.74, 6) is 1.20. The van der Waals surface area contributed by atoms with Gasteiger partial charge in [0.1, 0.15) is 6.10 Å². The van der Waals surface area contributed by atoms with Crippen LogP contribution in [0.5, 0.6) is 0 Å². The molecule has 1 saturated carbocycles. The topological polar surface area (TPSA) is 87.8 Å². The van der Waals surface area contributed by atoms with Crippen LogP contribution in [0.4, 0.5) is 0 Å². The molecule has 2 heterocycles. The summed E-state index contributed by atoms with van der Waals surface area (Å²) < 4.78 is 5.26. The van der Waals surface area contributed by atoms with Crippen molar-refractivity contribution in [3.05, 3.63) is 29.7 Å². The molecule has 21 heavy (non-hydrogen) atoms. The molecule has 1 unspecified atom stereocenters. The van der Waals surface area contributed by atoms with Gasteiger partial charge in [0.05, 0.1) is 6.20 Å². The Morgan fingerprint density at radius 2 is 2.00 bits per heavy atom. The van der Waals surface area contributed by atoms with Gasteiger partial charge in [0.2, 0.25) is 0 Å². The quantitative estimate of drug-likeness (QED) is 0.904. The average Bonchev–Trinajstić information content (AvgIpc) is 3.10. The maximum Gasteiger partial charge on any atom is 0.255 e. The van der Waals surface area contributed by atoms with Crippen LogP contribution in [0.3, 0.4) is 0 Å². The maximum atomic E-state index is 10.5. The lowest BCUT2D eigenvalue weighted by Crippen LogP contribution is -2.14. The summed E-state index contributed by atoms with van der Waals surface area (Å²) in [4.78, 5) is 4.34. The molecule has 0 saturated heterocycles. The van der Waals surface area contributed by atoms with E-state index in [2.05, 4.69) is 20.3 Å². The number of aliphatic hydroxyl groups excluding tert-OH is 1. The van der Waals surface area contributed by atoms with Crippen molar-refractivity contribution in [3.63, 3.8) is 0 Å². The normalized spacial score (nSPS) is 19.1. The van der Waals surface area contributed by atoms with E-state index in [1.807, 2.05) is 0 Å². The lowest BCUT2D eigenvalue weighted by atomic mass is 9.87. The molecule has 1 aliphatic rings. The van der Waals surface area contributed by atoms with Crippen molar-refractivity contribution < 1.29 is 9.63 Å². The minimum Gasteiger partial charge on any atom is -0.383 e. The summed E-state index contributed by atoms with van der Waals surface area (Å²) >= 11 is 0. The number of aromatic nitrogens is 4. The van der Waals surface area contributed by atoms with Crippen molar-refractivity contribution in [2.75, 3.05) is 0 Å². The van der Waals surface area contributed by atoms with Crippen LogP contribution in [0.2, 0.25) is 0 Å². The van der Waals surface area contributed by atoms with Crippen LogP contribution in [-0.4, -0.2) is 25.4 Å². The molecule has 6 heteroatoms. The van der Waals surface area contributed by atoms with E-state index in [4.69, 9.17) is 4.52 Å². The third-order valence-electron chi connectivity index (χ3n) is 4.25. The lowest BCUT2D eigenvalue weighted by Gasteiger charge is -2.22. The van der Waals surface area contributed by atoms with Gasteiger partial charge in [0.25, 0.3) is 5.89 Å². The Bertz CT molecular complexity index is 530. The molecule has 6 nitrogen and oxygen atoms in total. The number of hydrogen-bond donors (Lipinski definition) is 2. The third-order valence-corrected chi connectivity index (χ3v) is 4.25. The van der Waals surface area contributed by atoms with E-state index >= 15 is 0 Å². The van der Waals surface area contributed by atoms with Gasteiger partial charge in [-0.15, -0.1) is 0 Å². The summed E-state index contributed by atoms with van der Waals surface area (Å²) in [7, 11) is 0. The van der Waals surface area contributed by atoms with Crippen LogP contribution in [0.15, 0.2) is 16.9 Å². The van der Waals surface area contributed by atoms with Gasteiger partial charge < -0.3 is 9.63 Å². The first-order valence-corrected chi connectivity index (χ1v) is 7.81. The highest BCUT2D eigenvalue weighted by molar-refractivity contribution is 5.10. The molecule has 2 aromatic heterocycles. The highest BCUT2D eigenvalue weighted by Gasteiger charge is 2.26. The average molecular weight is 290 g/mol. The zero-order valence-corrected chi connectivity index (χ0v) is 12.2. The molecule has 0 spiro atoms. The Morgan fingerprint density at radius 3 is 2.71 bits per heavy atom. The van der Waals surface area contributed by atoms with E-state index in [0.29, 0.717) is 18.1 Å². The number of rotatable bonds is 4. The number of H-pyrrole nitrogens is 1. The number of nitrogens with zero attached hydrogens (tertiary/aromatic N) is 3. The first-order valence-electron chi connectivity index (χ1n) is 7.81. The molecule has 114 valence electrons. The Hall–Kier alpha value is -1.69. The molecular weight excluding hydrogens is 268 g/mol. The molecule has 2 N–H and O–H groups in total. The summed E-state index contributed by atoms with van der Waals surface area (Å²) in [6.45, 7) is 0. The minimum absolute atomic E-state index is 0.243. The smallest absolute Gasteiger partial charge is 0.255 e. The van der Waals surface area contributed by atoms with E-state index in [-0.39, 0.29) is 5.92 Å². The fourth-order valence-electron chi connectivity index (χ4n) is 3.02. The molecule has 1 fully saturated rings. The van der Waals surface area contributed by atoms with E-state index < -0.39 is 6.10 Å². The Morgan fingerprint density at radius 1 is 1.24 bits per heavy atom. The van der Waals surface area contributed by atoms with Crippen molar-refractivity contribution in [2.45, 2.75) is 57.5 Å². The SMILES string of the molecule is OC(c1nc(Cc2cn[nH]c2)no1)C1CCCCCCC1. The number of aromatic amines is 1. The van der Waals surface area contributed by atoms with Gasteiger partial charge in [0, 0.05) is 12.6 Å². The van der Waals surface area contributed by atoms with E-state index in [1.54, 1.807) is 12.4 Å². The lowest BCUT2D eigenvalue weighted by molar-refractivity contribution is 0.0605. The third kappa shape index (κ3) is 3.69. The molecule has 1 atom stereocenters. The Kier molecular flexibility index (Phi) is 4.65. The van der Waals surface area contributed by atoms with Crippen LogP contribution in [0.1, 0.15) is 68.3 Å². The van der Waals surface area contributed by atoms with Gasteiger partial charge in [0.15, 0.2) is 5.82 Å². The van der Waals surface area contributed by atoms with Gasteiger partial charge >= 0.3 is 0 Å². The monoisotopic (exact) mass is 290 g/mol. The number of nitrogens with one attached hydrogen (secondary N) is 1. The van der Waals surface area contributed by atoms with Crippen molar-refractivity contribution >= 4 is 0 Å². The predicted molar refractivity (Wildman–Crippen MR) is 76.5 cm³/mol. The van der Waals surface area contributed by atoms with Crippen molar-refractivity contribution in [1.82, 2.24) is 20.3 Å². The first-order chi connectivity index (χ1) is 10.3. The largest absolute Gasteiger partial charge is 0.383 e. The molecule has 1 aliphatic carbocycles. The van der Waals surface area contributed by atoms with Crippen LogP contribution < -0.4 is 0 Å². The van der Waals surface area contributed by atoms with Crippen LogP contribution in [0.25, 0.3) is 0 Å². The van der Waals surface area contributed by atoms with Crippen LogP contribution in [-0.2, 0) is 6.42 Å². The second-order valence-corrected chi connectivity index (χ2v) is 5.88. The summed E-state index contributed by atoms with van der Waals surface area (Å²) in [6.07, 6.45) is 11.8. The first kappa shape index (κ1) is 14.3. The van der Waals surface area contributed by atoms with Gasteiger partial charge in [-0.25, -0.2) is 0 Å². The second kappa shape index (κ2) is 6.85. The van der Waals surface area contributed by atoms with Gasteiger partial charge in [-0.3, -0.25) is 5.10 Å². The summed E-state index contributed by atoms with van der Waals surface area (Å²) in [6, 6.07) is 0. The molecule has 0 radical (unpaired) electrons. The summed E-state index contributed by atoms with van der Waals surface area (Å²) in [5.41, 5.74) is 1.00. The van der Waals surface area contributed by atoms with Gasteiger partial charge in [-0.2, -0.15) is 10.1 Å². The molecule has 0 amide bonds. The second-order valence-electron chi connectivity index (χ2n) is 5.88. The number of aliphatic hydroxyl groups is 1. The Balaban J connectivity index is 1.63. The maximum absolute atomic E-state index is 10.5. The number of hydrogen-bond acceptors (Lipinski definition) is 5. The predicted octanol–water partition coefficient (Wildman–Crippen LogP) is 2.78. The fraction of sp³-hybridized carbons (Fsp3) is 0.667. The highest BCUT2D eigenvalue weighted by atomic mass is 16.5. The van der Waals surface area contributed by atoms with Crippen LogP contribution >= 0.6 is 0 Å². The van der Waals surface area contributed by atoms with Crippen molar-refractivity contribution in [1.29, 1.82) is 0 Å². The molecular formula is C15H22N4O2. The van der Waals surface area contributed by atoms with Gasteiger partial charge in [-0.1, -0.05) is 37.3 Å².